The number of likely N-dealkylation sites (N-methyl/N-ethyl adjacent to an activating group) is 1. The average Bonchev–Trinajstić information content (AvgIpc) is 2.49. The zero-order chi connectivity index (χ0) is 15.4. The van der Waals surface area contributed by atoms with Gasteiger partial charge in [0.05, 0.1) is 11.5 Å². The highest BCUT2D eigenvalue weighted by atomic mass is 35.5. The summed E-state index contributed by atoms with van der Waals surface area (Å²) in [7, 11) is 1.62. The number of amides is 1. The SMILES string of the molecule is CN(Cc1cc([N+](=O)[O-])ccc1Cl)C(=O)[C@H]1CNCCO1.Cl. The van der Waals surface area contributed by atoms with Gasteiger partial charge in [0.15, 0.2) is 0 Å². The quantitative estimate of drug-likeness (QED) is 0.659. The second-order valence-electron chi connectivity index (χ2n) is 4.79. The highest BCUT2D eigenvalue weighted by Gasteiger charge is 2.25. The smallest absolute Gasteiger partial charge is 0.269 e. The number of hydrogen-bond donors (Lipinski definition) is 1. The van der Waals surface area contributed by atoms with E-state index >= 15 is 0 Å². The minimum atomic E-state index is -0.527. The van der Waals surface area contributed by atoms with Crippen molar-refractivity contribution in [3.8, 4) is 0 Å². The summed E-state index contributed by atoms with van der Waals surface area (Å²) < 4.78 is 5.40. The Bertz CT molecular complexity index is 550. The van der Waals surface area contributed by atoms with Crippen LogP contribution >= 0.6 is 24.0 Å². The molecule has 1 N–H and O–H groups in total. The monoisotopic (exact) mass is 349 g/mol. The van der Waals surface area contributed by atoms with Gasteiger partial charge in [-0.05, 0) is 11.6 Å². The number of hydrogen-bond acceptors (Lipinski definition) is 5. The Morgan fingerprint density at radius 3 is 2.91 bits per heavy atom. The van der Waals surface area contributed by atoms with E-state index in [2.05, 4.69) is 5.32 Å². The van der Waals surface area contributed by atoms with Crippen LogP contribution in [0.15, 0.2) is 18.2 Å². The standard InChI is InChI=1S/C13H16ClN3O4.ClH/c1-16(13(18)12-7-15-4-5-21-12)8-9-6-10(17(19)20)2-3-11(9)14;/h2-3,6,12,15H,4-5,7-8H2,1H3;1H/t12-;/m1./s1. The van der Waals surface area contributed by atoms with Gasteiger partial charge in [-0.1, -0.05) is 11.6 Å². The Morgan fingerprint density at radius 2 is 2.32 bits per heavy atom. The highest BCUT2D eigenvalue weighted by molar-refractivity contribution is 6.31. The molecular formula is C13H17Cl2N3O4. The number of rotatable bonds is 4. The van der Waals surface area contributed by atoms with E-state index < -0.39 is 11.0 Å². The van der Waals surface area contributed by atoms with Gasteiger partial charge in [-0.15, -0.1) is 12.4 Å². The average molecular weight is 350 g/mol. The summed E-state index contributed by atoms with van der Waals surface area (Å²) in [5.41, 5.74) is 0.483. The molecular weight excluding hydrogens is 333 g/mol. The van der Waals surface area contributed by atoms with Gasteiger partial charge in [0.1, 0.15) is 6.10 Å². The molecule has 1 aromatic rings. The lowest BCUT2D eigenvalue weighted by molar-refractivity contribution is -0.384. The summed E-state index contributed by atoms with van der Waals surface area (Å²) in [6.45, 7) is 1.87. The maximum Gasteiger partial charge on any atom is 0.269 e. The molecule has 0 bridgehead atoms. The molecule has 7 nitrogen and oxygen atoms in total. The van der Waals surface area contributed by atoms with Crippen LogP contribution in [0.5, 0.6) is 0 Å². The summed E-state index contributed by atoms with van der Waals surface area (Å²) in [6.07, 6.45) is -0.527. The summed E-state index contributed by atoms with van der Waals surface area (Å²) >= 11 is 6.03. The number of ether oxygens (including phenoxy) is 1. The van der Waals surface area contributed by atoms with Crippen LogP contribution in [0.2, 0.25) is 5.02 Å². The third-order valence-corrected chi connectivity index (χ3v) is 3.60. The van der Waals surface area contributed by atoms with E-state index in [0.717, 1.165) is 6.54 Å². The molecule has 9 heteroatoms. The van der Waals surface area contributed by atoms with Gasteiger partial charge in [-0.25, -0.2) is 0 Å². The summed E-state index contributed by atoms with van der Waals surface area (Å²) in [4.78, 5) is 24.0. The fourth-order valence-electron chi connectivity index (χ4n) is 2.10. The van der Waals surface area contributed by atoms with Crippen LogP contribution in [0.3, 0.4) is 0 Å². The number of morpholine rings is 1. The first-order valence-electron chi connectivity index (χ1n) is 6.49. The van der Waals surface area contributed by atoms with Crippen molar-refractivity contribution in [2.24, 2.45) is 0 Å². The fraction of sp³-hybridized carbons (Fsp3) is 0.462. The lowest BCUT2D eigenvalue weighted by atomic mass is 10.1. The molecule has 0 radical (unpaired) electrons. The van der Waals surface area contributed by atoms with Crippen LogP contribution in [0.4, 0.5) is 5.69 Å². The number of carbonyl (C=O) groups excluding carboxylic acids is 1. The van der Waals surface area contributed by atoms with Crippen molar-refractivity contribution in [2.75, 3.05) is 26.7 Å². The lowest BCUT2D eigenvalue weighted by Crippen LogP contribution is -2.48. The Hall–Kier alpha value is -1.41. The van der Waals surface area contributed by atoms with E-state index in [1.165, 1.54) is 23.1 Å². The minimum absolute atomic E-state index is 0. The molecule has 1 saturated heterocycles. The van der Waals surface area contributed by atoms with Crippen LogP contribution in [0, 0.1) is 10.1 Å². The van der Waals surface area contributed by atoms with Gasteiger partial charge in [0.25, 0.3) is 11.6 Å². The summed E-state index contributed by atoms with van der Waals surface area (Å²) in [5, 5.41) is 14.3. The Morgan fingerprint density at radius 1 is 1.59 bits per heavy atom. The van der Waals surface area contributed by atoms with E-state index in [0.29, 0.717) is 23.7 Å². The summed E-state index contributed by atoms with van der Waals surface area (Å²) in [5.74, 6) is -0.176. The van der Waals surface area contributed by atoms with Crippen molar-refractivity contribution in [2.45, 2.75) is 12.6 Å². The second-order valence-corrected chi connectivity index (χ2v) is 5.20. The fourth-order valence-corrected chi connectivity index (χ4v) is 2.28. The van der Waals surface area contributed by atoms with Crippen LogP contribution in [-0.2, 0) is 16.1 Å². The number of benzene rings is 1. The van der Waals surface area contributed by atoms with Gasteiger partial charge in [0.2, 0.25) is 0 Å². The number of carbonyl (C=O) groups is 1. The first-order chi connectivity index (χ1) is 9.99. The van der Waals surface area contributed by atoms with E-state index in [4.69, 9.17) is 16.3 Å². The van der Waals surface area contributed by atoms with Crippen LogP contribution in [0.1, 0.15) is 5.56 Å². The normalized spacial score (nSPS) is 17.5. The molecule has 1 amide bonds. The predicted molar refractivity (Wildman–Crippen MR) is 84.4 cm³/mol. The second kappa shape index (κ2) is 8.28. The lowest BCUT2D eigenvalue weighted by Gasteiger charge is -2.27. The molecule has 0 unspecified atom stereocenters. The van der Waals surface area contributed by atoms with Crippen molar-refractivity contribution >= 4 is 35.6 Å². The molecule has 0 aromatic heterocycles. The molecule has 22 heavy (non-hydrogen) atoms. The van der Waals surface area contributed by atoms with Crippen molar-refractivity contribution in [1.82, 2.24) is 10.2 Å². The zero-order valence-electron chi connectivity index (χ0n) is 12.0. The van der Waals surface area contributed by atoms with Crippen LogP contribution < -0.4 is 5.32 Å². The van der Waals surface area contributed by atoms with Crippen molar-refractivity contribution in [3.05, 3.63) is 38.9 Å². The van der Waals surface area contributed by atoms with Crippen molar-refractivity contribution in [3.63, 3.8) is 0 Å². The predicted octanol–water partition coefficient (Wildman–Crippen LogP) is 1.62. The van der Waals surface area contributed by atoms with E-state index in [1.807, 2.05) is 0 Å². The molecule has 2 rings (SSSR count). The Balaban J connectivity index is 0.00000242. The minimum Gasteiger partial charge on any atom is -0.366 e. The van der Waals surface area contributed by atoms with Crippen LogP contribution in [0.25, 0.3) is 0 Å². The number of nitrogens with zero attached hydrogens (tertiary/aromatic N) is 2. The van der Waals surface area contributed by atoms with E-state index in [-0.39, 0.29) is 30.5 Å². The molecule has 1 heterocycles. The first-order valence-corrected chi connectivity index (χ1v) is 6.87. The van der Waals surface area contributed by atoms with Gasteiger partial charge < -0.3 is 15.0 Å². The van der Waals surface area contributed by atoms with Crippen LogP contribution in [-0.4, -0.2) is 48.6 Å². The van der Waals surface area contributed by atoms with Gasteiger partial charge in [-0.3, -0.25) is 14.9 Å². The molecule has 1 atom stereocenters. The third kappa shape index (κ3) is 4.54. The number of nitro benzene ring substituents is 1. The van der Waals surface area contributed by atoms with Gasteiger partial charge >= 0.3 is 0 Å². The third-order valence-electron chi connectivity index (χ3n) is 3.23. The Labute approximate surface area is 139 Å². The topological polar surface area (TPSA) is 84.7 Å². The zero-order valence-corrected chi connectivity index (χ0v) is 13.5. The van der Waals surface area contributed by atoms with Gasteiger partial charge in [-0.2, -0.15) is 0 Å². The number of nitrogens with one attached hydrogen (secondary N) is 1. The largest absolute Gasteiger partial charge is 0.366 e. The molecule has 0 saturated carbocycles. The number of non-ortho nitro benzene ring substituents is 1. The number of nitro groups is 1. The molecule has 122 valence electrons. The summed E-state index contributed by atoms with van der Waals surface area (Å²) in [6, 6.07) is 4.18. The molecule has 1 fully saturated rings. The highest BCUT2D eigenvalue weighted by Crippen LogP contribution is 2.23. The Kier molecular flexibility index (Phi) is 7.02. The van der Waals surface area contributed by atoms with Crippen molar-refractivity contribution in [1.29, 1.82) is 0 Å². The maximum atomic E-state index is 12.2. The molecule has 0 aliphatic carbocycles. The van der Waals surface area contributed by atoms with Crippen molar-refractivity contribution < 1.29 is 14.5 Å². The molecule has 1 aliphatic rings. The molecule has 1 aromatic carbocycles. The maximum absolute atomic E-state index is 12.2. The van der Waals surface area contributed by atoms with Gasteiger partial charge in [0, 0.05) is 43.8 Å². The van der Waals surface area contributed by atoms with E-state index in [1.54, 1.807) is 7.05 Å². The molecule has 0 spiro atoms. The van der Waals surface area contributed by atoms with E-state index in [9.17, 15) is 14.9 Å². The first kappa shape index (κ1) is 18.6. The molecule has 1 aliphatic heterocycles. The number of halogens is 2.